The van der Waals surface area contributed by atoms with E-state index >= 15 is 0 Å². The van der Waals surface area contributed by atoms with E-state index in [0.29, 0.717) is 11.4 Å². The summed E-state index contributed by atoms with van der Waals surface area (Å²) in [6, 6.07) is 7.21. The van der Waals surface area contributed by atoms with E-state index in [9.17, 15) is 4.79 Å². The van der Waals surface area contributed by atoms with Crippen molar-refractivity contribution in [2.75, 3.05) is 17.7 Å². The first-order chi connectivity index (χ1) is 8.25. The zero-order chi connectivity index (χ0) is 12.1. The van der Waals surface area contributed by atoms with Crippen LogP contribution in [0.1, 0.15) is 25.7 Å². The third-order valence-corrected chi connectivity index (χ3v) is 2.99. The molecule has 0 aromatic heterocycles. The molecule has 1 aliphatic rings. The van der Waals surface area contributed by atoms with Gasteiger partial charge in [-0.15, -0.1) is 12.4 Å². The van der Waals surface area contributed by atoms with Crippen LogP contribution in [0.15, 0.2) is 24.3 Å². The predicted octanol–water partition coefficient (Wildman–Crippen LogP) is 2.59. The van der Waals surface area contributed by atoms with E-state index in [1.54, 1.807) is 12.1 Å². The molecular formula is C13H19ClN2O2. The fraction of sp³-hybridized carbons (Fsp3) is 0.462. The molecule has 1 aromatic rings. The van der Waals surface area contributed by atoms with Gasteiger partial charge in [0.25, 0.3) is 0 Å². The van der Waals surface area contributed by atoms with Gasteiger partial charge in [0.05, 0.1) is 17.5 Å². The van der Waals surface area contributed by atoms with Crippen molar-refractivity contribution in [1.82, 2.24) is 0 Å². The van der Waals surface area contributed by atoms with Gasteiger partial charge in [0.1, 0.15) is 6.61 Å². The van der Waals surface area contributed by atoms with E-state index in [2.05, 4.69) is 5.32 Å². The molecule has 0 aliphatic heterocycles. The van der Waals surface area contributed by atoms with Crippen LogP contribution in [0.2, 0.25) is 0 Å². The molecule has 4 nitrogen and oxygen atoms in total. The summed E-state index contributed by atoms with van der Waals surface area (Å²) in [5.74, 6) is -0.144. The van der Waals surface area contributed by atoms with Crippen LogP contribution >= 0.6 is 12.4 Å². The maximum atomic E-state index is 11.6. The van der Waals surface area contributed by atoms with Crippen molar-refractivity contribution >= 4 is 29.7 Å². The number of ether oxygens (including phenoxy) is 1. The highest BCUT2D eigenvalue weighted by Gasteiger charge is 2.16. The molecule has 18 heavy (non-hydrogen) atoms. The van der Waals surface area contributed by atoms with E-state index < -0.39 is 0 Å². The van der Waals surface area contributed by atoms with E-state index in [-0.39, 0.29) is 31.0 Å². The lowest BCUT2D eigenvalue weighted by molar-refractivity contribution is -0.122. The minimum Gasteiger partial charge on any atom is -0.397 e. The topological polar surface area (TPSA) is 64.3 Å². The summed E-state index contributed by atoms with van der Waals surface area (Å²) >= 11 is 0. The Balaban J connectivity index is 0.00000162. The second-order valence-corrected chi connectivity index (χ2v) is 4.35. The Kier molecular flexibility index (Phi) is 5.95. The molecule has 100 valence electrons. The first-order valence-electron chi connectivity index (χ1n) is 6.01. The molecule has 1 fully saturated rings. The number of nitrogen functional groups attached to an aromatic ring is 1. The van der Waals surface area contributed by atoms with Crippen molar-refractivity contribution in [2.24, 2.45) is 0 Å². The maximum Gasteiger partial charge on any atom is 0.250 e. The molecule has 0 spiro atoms. The molecule has 5 heteroatoms. The third-order valence-electron chi connectivity index (χ3n) is 2.99. The molecule has 2 rings (SSSR count). The van der Waals surface area contributed by atoms with Crippen molar-refractivity contribution in [3.05, 3.63) is 24.3 Å². The van der Waals surface area contributed by atoms with Crippen LogP contribution in [-0.4, -0.2) is 18.6 Å². The number of nitrogens with two attached hydrogens (primary N) is 1. The minimum atomic E-state index is -0.144. The Hall–Kier alpha value is -1.26. The van der Waals surface area contributed by atoms with Gasteiger partial charge >= 0.3 is 0 Å². The number of rotatable bonds is 4. The van der Waals surface area contributed by atoms with Crippen LogP contribution in [0.25, 0.3) is 0 Å². The number of para-hydroxylation sites is 2. The number of benzene rings is 1. The SMILES string of the molecule is Cl.Nc1ccccc1NC(=O)COC1CCCC1. The zero-order valence-electron chi connectivity index (χ0n) is 10.2. The van der Waals surface area contributed by atoms with Gasteiger partial charge in [0.2, 0.25) is 5.91 Å². The van der Waals surface area contributed by atoms with Crippen LogP contribution in [0, 0.1) is 0 Å². The summed E-state index contributed by atoms with van der Waals surface area (Å²) in [5, 5.41) is 2.75. The zero-order valence-corrected chi connectivity index (χ0v) is 11.0. The van der Waals surface area contributed by atoms with Crippen LogP contribution in [-0.2, 0) is 9.53 Å². The first kappa shape index (κ1) is 14.8. The average molecular weight is 271 g/mol. The lowest BCUT2D eigenvalue weighted by atomic mass is 10.2. The summed E-state index contributed by atoms with van der Waals surface area (Å²) in [7, 11) is 0. The van der Waals surface area contributed by atoms with Gasteiger partial charge in [0.15, 0.2) is 0 Å². The van der Waals surface area contributed by atoms with Crippen LogP contribution in [0.3, 0.4) is 0 Å². The standard InChI is InChI=1S/C13H18N2O2.ClH/c14-11-7-3-4-8-12(11)15-13(16)9-17-10-5-1-2-6-10;/h3-4,7-8,10H,1-2,5-6,9,14H2,(H,15,16);1H. The Morgan fingerprint density at radius 1 is 1.33 bits per heavy atom. The van der Waals surface area contributed by atoms with Gasteiger partial charge in [-0.05, 0) is 25.0 Å². The molecule has 0 bridgehead atoms. The highest BCUT2D eigenvalue weighted by molar-refractivity contribution is 5.94. The molecular weight excluding hydrogens is 252 g/mol. The summed E-state index contributed by atoms with van der Waals surface area (Å²) in [5.41, 5.74) is 6.95. The number of carbonyl (C=O) groups is 1. The summed E-state index contributed by atoms with van der Waals surface area (Å²) in [6.45, 7) is 0.110. The Bertz CT molecular complexity index is 392. The van der Waals surface area contributed by atoms with E-state index in [1.807, 2.05) is 12.1 Å². The quantitative estimate of drug-likeness (QED) is 0.827. The molecule has 1 saturated carbocycles. The molecule has 0 atom stereocenters. The maximum absolute atomic E-state index is 11.6. The second-order valence-electron chi connectivity index (χ2n) is 4.35. The fourth-order valence-electron chi connectivity index (χ4n) is 2.05. The lowest BCUT2D eigenvalue weighted by Gasteiger charge is -2.11. The second kappa shape index (κ2) is 7.24. The highest BCUT2D eigenvalue weighted by Crippen LogP contribution is 2.21. The van der Waals surface area contributed by atoms with E-state index in [1.165, 1.54) is 12.8 Å². The highest BCUT2D eigenvalue weighted by atomic mass is 35.5. The summed E-state index contributed by atoms with van der Waals surface area (Å²) in [6.07, 6.45) is 4.81. The van der Waals surface area contributed by atoms with E-state index in [0.717, 1.165) is 12.8 Å². The summed E-state index contributed by atoms with van der Waals surface area (Å²) < 4.78 is 5.52. The average Bonchev–Trinajstić information content (AvgIpc) is 2.82. The van der Waals surface area contributed by atoms with Crippen molar-refractivity contribution < 1.29 is 9.53 Å². The number of anilines is 2. The largest absolute Gasteiger partial charge is 0.397 e. The Morgan fingerprint density at radius 3 is 2.67 bits per heavy atom. The van der Waals surface area contributed by atoms with Gasteiger partial charge in [-0.3, -0.25) is 4.79 Å². The molecule has 1 aliphatic carbocycles. The van der Waals surface area contributed by atoms with Gasteiger partial charge in [-0.2, -0.15) is 0 Å². The van der Waals surface area contributed by atoms with Gasteiger partial charge in [-0.25, -0.2) is 0 Å². The third kappa shape index (κ3) is 4.20. The van der Waals surface area contributed by atoms with Crippen LogP contribution in [0.5, 0.6) is 0 Å². The fourth-order valence-corrected chi connectivity index (χ4v) is 2.05. The van der Waals surface area contributed by atoms with Crippen LogP contribution < -0.4 is 11.1 Å². The molecule has 1 amide bonds. The number of hydrogen-bond donors (Lipinski definition) is 2. The molecule has 0 heterocycles. The Morgan fingerprint density at radius 2 is 2.00 bits per heavy atom. The number of amides is 1. The number of nitrogens with one attached hydrogen (secondary N) is 1. The number of halogens is 1. The molecule has 3 N–H and O–H groups in total. The van der Waals surface area contributed by atoms with Crippen molar-refractivity contribution in [3.63, 3.8) is 0 Å². The van der Waals surface area contributed by atoms with Gasteiger partial charge in [0, 0.05) is 0 Å². The minimum absolute atomic E-state index is 0. The Labute approximate surface area is 113 Å². The van der Waals surface area contributed by atoms with Gasteiger partial charge in [-0.1, -0.05) is 25.0 Å². The van der Waals surface area contributed by atoms with Crippen molar-refractivity contribution in [2.45, 2.75) is 31.8 Å². The monoisotopic (exact) mass is 270 g/mol. The van der Waals surface area contributed by atoms with Crippen molar-refractivity contribution in [3.8, 4) is 0 Å². The molecule has 1 aromatic carbocycles. The summed E-state index contributed by atoms with van der Waals surface area (Å²) in [4.78, 5) is 11.6. The molecule has 0 saturated heterocycles. The van der Waals surface area contributed by atoms with Crippen molar-refractivity contribution in [1.29, 1.82) is 0 Å². The number of carbonyl (C=O) groups excluding carboxylic acids is 1. The first-order valence-corrected chi connectivity index (χ1v) is 6.01. The smallest absolute Gasteiger partial charge is 0.250 e. The normalized spacial score (nSPS) is 15.1. The van der Waals surface area contributed by atoms with Crippen LogP contribution in [0.4, 0.5) is 11.4 Å². The lowest BCUT2D eigenvalue weighted by Crippen LogP contribution is -2.22. The van der Waals surface area contributed by atoms with Gasteiger partial charge < -0.3 is 15.8 Å². The van der Waals surface area contributed by atoms with E-state index in [4.69, 9.17) is 10.5 Å². The molecule has 0 radical (unpaired) electrons. The number of hydrogen-bond acceptors (Lipinski definition) is 3. The predicted molar refractivity (Wildman–Crippen MR) is 74.9 cm³/mol. The molecule has 0 unspecified atom stereocenters.